The molecule has 1 aliphatic heterocycles. The fourth-order valence-electron chi connectivity index (χ4n) is 3.86. The number of methoxy groups -OCH3 is 3. The molecule has 2 aromatic carbocycles. The van der Waals surface area contributed by atoms with Gasteiger partial charge in [-0.15, -0.1) is 0 Å². The molecule has 1 aliphatic rings. The second-order valence-electron chi connectivity index (χ2n) is 7.33. The number of benzene rings is 2. The minimum Gasteiger partial charge on any atom is -0.466 e. The normalized spacial score (nSPS) is 15.5. The first-order valence-corrected chi connectivity index (χ1v) is 10.1. The SMILES string of the molecule is COC(=O)C1=C(C(=O)OC)N(c2ccc(C)c(C(=O)OC)c2)C(N)=C(C#N)C1c1ccccc1. The van der Waals surface area contributed by atoms with Crippen LogP contribution in [0.15, 0.2) is 71.2 Å². The van der Waals surface area contributed by atoms with Gasteiger partial charge in [0.25, 0.3) is 0 Å². The first-order valence-electron chi connectivity index (χ1n) is 10.1. The number of esters is 3. The van der Waals surface area contributed by atoms with Crippen molar-refractivity contribution < 1.29 is 28.6 Å². The highest BCUT2D eigenvalue weighted by molar-refractivity contribution is 6.06. The fourth-order valence-corrected chi connectivity index (χ4v) is 3.86. The van der Waals surface area contributed by atoms with Crippen LogP contribution < -0.4 is 10.6 Å². The third-order valence-electron chi connectivity index (χ3n) is 5.50. The van der Waals surface area contributed by atoms with Crippen molar-refractivity contribution in [2.45, 2.75) is 12.8 Å². The molecule has 0 saturated heterocycles. The molecule has 9 nitrogen and oxygen atoms in total. The molecule has 0 bridgehead atoms. The monoisotopic (exact) mass is 461 g/mol. The summed E-state index contributed by atoms with van der Waals surface area (Å²) in [5.41, 5.74) is 7.79. The second-order valence-corrected chi connectivity index (χ2v) is 7.33. The second kappa shape index (κ2) is 9.92. The van der Waals surface area contributed by atoms with E-state index in [0.29, 0.717) is 11.1 Å². The van der Waals surface area contributed by atoms with Crippen molar-refractivity contribution in [2.75, 3.05) is 26.2 Å². The number of carbonyl (C=O) groups excluding carboxylic acids is 3. The summed E-state index contributed by atoms with van der Waals surface area (Å²) in [5, 5.41) is 10.1. The van der Waals surface area contributed by atoms with E-state index in [1.54, 1.807) is 49.4 Å². The molecule has 0 saturated carbocycles. The number of carbonyl (C=O) groups is 3. The molecule has 1 heterocycles. The maximum Gasteiger partial charge on any atom is 0.355 e. The van der Waals surface area contributed by atoms with Gasteiger partial charge in [0.1, 0.15) is 11.5 Å². The predicted molar refractivity (Wildman–Crippen MR) is 122 cm³/mol. The Morgan fingerprint density at radius 1 is 0.941 bits per heavy atom. The minimum absolute atomic E-state index is 0.0273. The van der Waals surface area contributed by atoms with Gasteiger partial charge in [-0.25, -0.2) is 14.4 Å². The van der Waals surface area contributed by atoms with Crippen LogP contribution in [0.4, 0.5) is 5.69 Å². The Balaban J connectivity index is 2.41. The largest absolute Gasteiger partial charge is 0.466 e. The van der Waals surface area contributed by atoms with E-state index in [-0.39, 0.29) is 33.9 Å². The highest BCUT2D eigenvalue weighted by Crippen LogP contribution is 2.43. The van der Waals surface area contributed by atoms with Crippen LogP contribution in [0.1, 0.15) is 27.4 Å². The Kier molecular flexibility index (Phi) is 7.02. The van der Waals surface area contributed by atoms with Crippen molar-refractivity contribution in [3.8, 4) is 6.07 Å². The summed E-state index contributed by atoms with van der Waals surface area (Å²) in [6.45, 7) is 1.72. The van der Waals surface area contributed by atoms with E-state index in [2.05, 4.69) is 6.07 Å². The number of anilines is 1. The molecule has 0 radical (unpaired) electrons. The van der Waals surface area contributed by atoms with Gasteiger partial charge >= 0.3 is 17.9 Å². The Morgan fingerprint density at radius 2 is 1.56 bits per heavy atom. The number of nitriles is 1. The maximum atomic E-state index is 13.1. The highest BCUT2D eigenvalue weighted by Gasteiger charge is 2.43. The number of hydrogen-bond acceptors (Lipinski definition) is 9. The van der Waals surface area contributed by atoms with Crippen LogP contribution in [0.3, 0.4) is 0 Å². The third-order valence-corrected chi connectivity index (χ3v) is 5.50. The summed E-state index contributed by atoms with van der Waals surface area (Å²) in [6.07, 6.45) is 0. The first-order chi connectivity index (χ1) is 16.3. The Hall–Kier alpha value is -4.58. The molecule has 2 aromatic rings. The lowest BCUT2D eigenvalue weighted by molar-refractivity contribution is -0.139. The molecule has 0 fully saturated rings. The molecule has 174 valence electrons. The number of aryl methyl sites for hydroxylation is 1. The van der Waals surface area contributed by atoms with Crippen LogP contribution in [0.25, 0.3) is 0 Å². The van der Waals surface area contributed by atoms with E-state index in [1.165, 1.54) is 25.2 Å². The van der Waals surface area contributed by atoms with Crippen LogP contribution in [-0.4, -0.2) is 39.2 Å². The van der Waals surface area contributed by atoms with Gasteiger partial charge in [-0.1, -0.05) is 36.4 Å². The van der Waals surface area contributed by atoms with Gasteiger partial charge in [-0.3, -0.25) is 4.90 Å². The molecule has 0 spiro atoms. The fraction of sp³-hybridized carbons (Fsp3) is 0.200. The molecule has 2 N–H and O–H groups in total. The smallest absolute Gasteiger partial charge is 0.355 e. The van der Waals surface area contributed by atoms with Crippen molar-refractivity contribution in [3.63, 3.8) is 0 Å². The van der Waals surface area contributed by atoms with Gasteiger partial charge in [-0.2, -0.15) is 5.26 Å². The van der Waals surface area contributed by atoms with Gasteiger partial charge in [0.05, 0.1) is 50.0 Å². The predicted octanol–water partition coefficient (Wildman–Crippen LogP) is 2.68. The number of allylic oxidation sites excluding steroid dienone is 1. The molecule has 9 heteroatoms. The number of nitrogens with zero attached hydrogens (tertiary/aromatic N) is 2. The molecule has 1 unspecified atom stereocenters. The molecule has 0 aliphatic carbocycles. The standard InChI is InChI=1S/C25H23N3O6/c1-14-10-11-16(12-17(14)23(29)32-2)28-21(25(31)34-4)20(24(30)33-3)19(18(13-26)22(28)27)15-8-6-5-7-9-15/h5-12,19H,27H2,1-4H3. The lowest BCUT2D eigenvalue weighted by Crippen LogP contribution is -2.40. The summed E-state index contributed by atoms with van der Waals surface area (Å²) in [4.78, 5) is 39.6. The van der Waals surface area contributed by atoms with Crippen molar-refractivity contribution in [1.82, 2.24) is 0 Å². The van der Waals surface area contributed by atoms with Crippen LogP contribution in [0.5, 0.6) is 0 Å². The quantitative estimate of drug-likeness (QED) is 0.527. The third kappa shape index (κ3) is 4.09. The van der Waals surface area contributed by atoms with Crippen LogP contribution >= 0.6 is 0 Å². The lowest BCUT2D eigenvalue weighted by Gasteiger charge is -2.36. The zero-order valence-electron chi connectivity index (χ0n) is 19.1. The number of rotatable bonds is 5. The Bertz CT molecular complexity index is 1260. The van der Waals surface area contributed by atoms with E-state index >= 15 is 0 Å². The van der Waals surface area contributed by atoms with Gasteiger partial charge in [0, 0.05) is 5.69 Å². The number of ether oxygens (including phenoxy) is 3. The molecular weight excluding hydrogens is 438 g/mol. The van der Waals surface area contributed by atoms with Gasteiger partial charge in [0.15, 0.2) is 0 Å². The average Bonchev–Trinajstić information content (AvgIpc) is 2.87. The summed E-state index contributed by atoms with van der Waals surface area (Å²) in [6, 6.07) is 15.5. The van der Waals surface area contributed by atoms with E-state index < -0.39 is 23.8 Å². The van der Waals surface area contributed by atoms with Crippen molar-refractivity contribution in [1.29, 1.82) is 5.26 Å². The van der Waals surface area contributed by atoms with Crippen LogP contribution in [0.2, 0.25) is 0 Å². The molecule has 3 rings (SSSR count). The first kappa shape index (κ1) is 24.1. The molecule has 0 aromatic heterocycles. The zero-order valence-corrected chi connectivity index (χ0v) is 19.1. The number of nitrogens with two attached hydrogens (primary N) is 1. The lowest BCUT2D eigenvalue weighted by atomic mass is 9.81. The van der Waals surface area contributed by atoms with Gasteiger partial charge < -0.3 is 19.9 Å². The van der Waals surface area contributed by atoms with Crippen LogP contribution in [-0.2, 0) is 23.8 Å². The highest BCUT2D eigenvalue weighted by atomic mass is 16.5. The molecular formula is C25H23N3O6. The van der Waals surface area contributed by atoms with Gasteiger partial charge in [-0.05, 0) is 30.2 Å². The van der Waals surface area contributed by atoms with Crippen molar-refractivity contribution in [3.05, 3.63) is 87.9 Å². The van der Waals surface area contributed by atoms with E-state index in [0.717, 1.165) is 7.11 Å². The van der Waals surface area contributed by atoms with E-state index in [1.807, 2.05) is 0 Å². The summed E-state index contributed by atoms with van der Waals surface area (Å²) in [5.74, 6) is -3.38. The summed E-state index contributed by atoms with van der Waals surface area (Å²) in [7, 11) is 3.58. The molecule has 34 heavy (non-hydrogen) atoms. The summed E-state index contributed by atoms with van der Waals surface area (Å²) < 4.78 is 14.8. The average molecular weight is 461 g/mol. The Labute approximate surface area is 196 Å². The van der Waals surface area contributed by atoms with Crippen molar-refractivity contribution in [2.24, 2.45) is 5.73 Å². The minimum atomic E-state index is -0.977. The zero-order chi connectivity index (χ0) is 25.0. The number of hydrogen-bond donors (Lipinski definition) is 1. The molecule has 1 atom stereocenters. The van der Waals surface area contributed by atoms with E-state index in [9.17, 15) is 19.6 Å². The summed E-state index contributed by atoms with van der Waals surface area (Å²) >= 11 is 0. The topological polar surface area (TPSA) is 132 Å². The molecule has 0 amide bonds. The van der Waals surface area contributed by atoms with E-state index in [4.69, 9.17) is 19.9 Å². The maximum absolute atomic E-state index is 13.1. The van der Waals surface area contributed by atoms with Crippen molar-refractivity contribution >= 4 is 23.6 Å². The Morgan fingerprint density at radius 3 is 2.12 bits per heavy atom. The van der Waals surface area contributed by atoms with Gasteiger partial charge in [0.2, 0.25) is 0 Å². The van der Waals surface area contributed by atoms with Crippen LogP contribution in [0, 0.1) is 18.3 Å².